The molecule has 3 aromatic rings. The molecule has 0 bridgehead atoms. The zero-order valence-corrected chi connectivity index (χ0v) is 16.3. The number of fused-ring (bicyclic) bond motifs is 1. The molecule has 0 amide bonds. The third-order valence-corrected chi connectivity index (χ3v) is 5.79. The molecule has 1 saturated carbocycles. The van der Waals surface area contributed by atoms with E-state index in [9.17, 15) is 13.2 Å². The van der Waals surface area contributed by atoms with E-state index in [4.69, 9.17) is 4.84 Å². The lowest BCUT2D eigenvalue weighted by Gasteiger charge is -2.34. The fraction of sp³-hybridized carbons (Fsp3) is 0.381. The van der Waals surface area contributed by atoms with Gasteiger partial charge in [-0.1, -0.05) is 23.4 Å². The van der Waals surface area contributed by atoms with E-state index in [0.29, 0.717) is 29.7 Å². The van der Waals surface area contributed by atoms with Gasteiger partial charge in [-0.3, -0.25) is 0 Å². The fourth-order valence-electron chi connectivity index (χ4n) is 4.10. The molecule has 1 aliphatic heterocycles. The van der Waals surface area contributed by atoms with Crippen molar-refractivity contribution in [1.82, 2.24) is 14.8 Å². The highest BCUT2D eigenvalue weighted by atomic mass is 19.4. The van der Waals surface area contributed by atoms with E-state index in [1.807, 2.05) is 25.1 Å². The molecule has 2 aromatic heterocycles. The predicted molar refractivity (Wildman–Crippen MR) is 107 cm³/mol. The van der Waals surface area contributed by atoms with Crippen LogP contribution in [0.15, 0.2) is 41.7 Å². The van der Waals surface area contributed by atoms with Gasteiger partial charge in [0.05, 0.1) is 28.5 Å². The molecule has 0 atom stereocenters. The number of nitrogens with one attached hydrogen (secondary N) is 1. The van der Waals surface area contributed by atoms with Crippen LogP contribution >= 0.6 is 0 Å². The van der Waals surface area contributed by atoms with Crippen LogP contribution in [0, 0.1) is 0 Å². The van der Waals surface area contributed by atoms with Gasteiger partial charge in [-0.25, -0.2) is 9.67 Å². The number of aryl methyl sites for hydroxylation is 1. The van der Waals surface area contributed by atoms with Gasteiger partial charge in [0, 0.05) is 18.7 Å². The van der Waals surface area contributed by atoms with E-state index in [0.717, 1.165) is 19.3 Å². The molecule has 1 aliphatic carbocycles. The minimum absolute atomic E-state index is 0.0571. The summed E-state index contributed by atoms with van der Waals surface area (Å²) in [6.45, 7) is 2.22. The summed E-state index contributed by atoms with van der Waals surface area (Å²) in [7, 11) is 0. The van der Waals surface area contributed by atoms with Crippen molar-refractivity contribution in [1.29, 1.82) is 0 Å². The molecule has 3 heterocycles. The standard InChI is InChI=1S/C21H20F3N5O/c1-2-29-19-14(12-25-29)17(26-13-7-4-3-5-8-13)16(18(27-19)21(22,23)24)15-11-20(30-28-15)9-6-10-20/h3-5,7-8,12H,2,6,9-11H2,1H3,(H,26,27). The molecule has 9 heteroatoms. The number of para-hydroxylation sites is 1. The molecule has 2 aliphatic rings. The highest BCUT2D eigenvalue weighted by Gasteiger charge is 2.48. The smallest absolute Gasteiger partial charge is 0.389 e. The van der Waals surface area contributed by atoms with Gasteiger partial charge in [-0.15, -0.1) is 0 Å². The molecule has 1 spiro atoms. The third kappa shape index (κ3) is 3.00. The highest BCUT2D eigenvalue weighted by molar-refractivity contribution is 6.12. The van der Waals surface area contributed by atoms with E-state index >= 15 is 0 Å². The lowest BCUT2D eigenvalue weighted by atomic mass is 9.76. The van der Waals surface area contributed by atoms with Crippen LogP contribution in [0.1, 0.15) is 43.9 Å². The number of alkyl halides is 3. The summed E-state index contributed by atoms with van der Waals surface area (Å²) in [5.74, 6) is 0. The van der Waals surface area contributed by atoms with Crippen LogP contribution in [0.2, 0.25) is 0 Å². The zero-order valence-electron chi connectivity index (χ0n) is 16.3. The first-order valence-corrected chi connectivity index (χ1v) is 9.94. The molecule has 5 rings (SSSR count). The van der Waals surface area contributed by atoms with Crippen LogP contribution in [-0.2, 0) is 17.6 Å². The lowest BCUT2D eigenvalue weighted by molar-refractivity contribution is -0.141. The van der Waals surface area contributed by atoms with Crippen molar-refractivity contribution in [3.63, 3.8) is 0 Å². The molecule has 1 N–H and O–H groups in total. The van der Waals surface area contributed by atoms with Gasteiger partial charge in [0.25, 0.3) is 0 Å². The summed E-state index contributed by atoms with van der Waals surface area (Å²) in [4.78, 5) is 9.61. The number of benzene rings is 1. The summed E-state index contributed by atoms with van der Waals surface area (Å²) in [5, 5.41) is 12.0. The maximum atomic E-state index is 14.2. The maximum Gasteiger partial charge on any atom is 0.434 e. The Hall–Kier alpha value is -3.10. The molecule has 0 unspecified atom stereocenters. The van der Waals surface area contributed by atoms with Crippen LogP contribution in [-0.4, -0.2) is 26.1 Å². The van der Waals surface area contributed by atoms with Crippen molar-refractivity contribution >= 4 is 28.1 Å². The lowest BCUT2D eigenvalue weighted by Crippen LogP contribution is -2.37. The van der Waals surface area contributed by atoms with Crippen molar-refractivity contribution in [2.24, 2.45) is 5.16 Å². The number of hydrogen-bond donors (Lipinski definition) is 1. The Morgan fingerprint density at radius 1 is 1.20 bits per heavy atom. The van der Waals surface area contributed by atoms with Crippen LogP contribution in [0.25, 0.3) is 11.0 Å². The molecular formula is C21H20F3N5O. The van der Waals surface area contributed by atoms with Gasteiger partial charge < -0.3 is 10.2 Å². The Morgan fingerprint density at radius 3 is 2.57 bits per heavy atom. The summed E-state index contributed by atoms with van der Waals surface area (Å²) >= 11 is 0. The Balaban J connectivity index is 1.75. The second-order valence-electron chi connectivity index (χ2n) is 7.74. The van der Waals surface area contributed by atoms with E-state index < -0.39 is 17.5 Å². The number of pyridine rings is 1. The second-order valence-corrected chi connectivity index (χ2v) is 7.74. The summed E-state index contributed by atoms with van der Waals surface area (Å²) in [6, 6.07) is 9.09. The number of halogens is 3. The van der Waals surface area contributed by atoms with Crippen molar-refractivity contribution < 1.29 is 18.0 Å². The first kappa shape index (κ1) is 18.9. The SMILES string of the molecule is CCn1ncc2c(Nc3ccccc3)c(C3=NOC4(CCC4)C3)c(C(F)(F)F)nc21. The van der Waals surface area contributed by atoms with E-state index in [-0.39, 0.29) is 16.9 Å². The second kappa shape index (κ2) is 6.72. The monoisotopic (exact) mass is 415 g/mol. The van der Waals surface area contributed by atoms with Gasteiger partial charge in [0.2, 0.25) is 0 Å². The summed E-state index contributed by atoms with van der Waals surface area (Å²) < 4.78 is 44.0. The number of nitrogens with zero attached hydrogens (tertiary/aromatic N) is 4. The number of anilines is 2. The molecule has 0 saturated heterocycles. The number of hydrogen-bond acceptors (Lipinski definition) is 5. The molecule has 1 fully saturated rings. The highest BCUT2D eigenvalue weighted by Crippen LogP contribution is 2.47. The van der Waals surface area contributed by atoms with E-state index in [1.165, 1.54) is 4.68 Å². The molecular weight excluding hydrogens is 395 g/mol. The van der Waals surface area contributed by atoms with Crippen molar-refractivity contribution in [2.45, 2.75) is 50.9 Å². The van der Waals surface area contributed by atoms with Gasteiger partial charge >= 0.3 is 6.18 Å². The Kier molecular flexibility index (Phi) is 4.23. The minimum atomic E-state index is -4.66. The fourth-order valence-corrected chi connectivity index (χ4v) is 4.10. The Labute approximate surface area is 170 Å². The van der Waals surface area contributed by atoms with Crippen LogP contribution in [0.5, 0.6) is 0 Å². The van der Waals surface area contributed by atoms with Gasteiger partial charge in [0.1, 0.15) is 5.60 Å². The van der Waals surface area contributed by atoms with Crippen molar-refractivity contribution in [3.8, 4) is 0 Å². The Morgan fingerprint density at radius 2 is 1.97 bits per heavy atom. The average Bonchev–Trinajstić information content (AvgIpc) is 3.32. The van der Waals surface area contributed by atoms with Crippen LogP contribution < -0.4 is 5.32 Å². The first-order chi connectivity index (χ1) is 14.4. The summed E-state index contributed by atoms with van der Waals surface area (Å²) in [6.07, 6.45) is -0.175. The molecule has 156 valence electrons. The van der Waals surface area contributed by atoms with Gasteiger partial charge in [0.15, 0.2) is 11.3 Å². The normalized spacial score (nSPS) is 17.7. The quantitative estimate of drug-likeness (QED) is 0.631. The van der Waals surface area contributed by atoms with Gasteiger partial charge in [-0.05, 0) is 38.3 Å². The van der Waals surface area contributed by atoms with Crippen molar-refractivity contribution in [3.05, 3.63) is 47.8 Å². The molecule has 1 aromatic carbocycles. The molecule has 0 radical (unpaired) electrons. The van der Waals surface area contributed by atoms with Gasteiger partial charge in [-0.2, -0.15) is 18.3 Å². The number of rotatable bonds is 4. The van der Waals surface area contributed by atoms with E-state index in [1.54, 1.807) is 18.3 Å². The average molecular weight is 415 g/mol. The largest absolute Gasteiger partial charge is 0.434 e. The van der Waals surface area contributed by atoms with Crippen LogP contribution in [0.3, 0.4) is 0 Å². The van der Waals surface area contributed by atoms with Crippen molar-refractivity contribution in [2.75, 3.05) is 5.32 Å². The Bertz CT molecular complexity index is 1130. The summed E-state index contributed by atoms with van der Waals surface area (Å²) in [5.41, 5.74) is -0.0619. The minimum Gasteiger partial charge on any atom is -0.389 e. The maximum absolute atomic E-state index is 14.2. The number of aromatic nitrogens is 3. The predicted octanol–water partition coefficient (Wildman–Crippen LogP) is 5.26. The third-order valence-electron chi connectivity index (χ3n) is 5.79. The van der Waals surface area contributed by atoms with Crippen LogP contribution in [0.4, 0.5) is 24.5 Å². The van der Waals surface area contributed by atoms with E-state index in [2.05, 4.69) is 20.6 Å². The zero-order chi connectivity index (χ0) is 20.9. The molecule has 6 nitrogen and oxygen atoms in total. The first-order valence-electron chi connectivity index (χ1n) is 9.94. The molecule has 30 heavy (non-hydrogen) atoms. The topological polar surface area (TPSA) is 64.3 Å². The number of oxime groups is 1.